The van der Waals surface area contributed by atoms with Gasteiger partial charge in [-0.1, -0.05) is 43.2 Å². The molecule has 1 aliphatic carbocycles. The molecule has 2 aromatic carbocycles. The van der Waals surface area contributed by atoms with E-state index in [1.54, 1.807) is 19.2 Å². The van der Waals surface area contributed by atoms with Gasteiger partial charge in [-0.2, -0.15) is 0 Å². The predicted molar refractivity (Wildman–Crippen MR) is 126 cm³/mol. The summed E-state index contributed by atoms with van der Waals surface area (Å²) in [7, 11) is 1.71. The third-order valence-electron chi connectivity index (χ3n) is 7.02. The maximum atomic E-state index is 14.5. The van der Waals surface area contributed by atoms with Gasteiger partial charge in [0.1, 0.15) is 11.6 Å². The number of halogens is 1. The van der Waals surface area contributed by atoms with Crippen LogP contribution in [0.3, 0.4) is 0 Å². The van der Waals surface area contributed by atoms with E-state index in [-0.39, 0.29) is 11.7 Å². The van der Waals surface area contributed by atoms with Crippen LogP contribution in [0.2, 0.25) is 0 Å². The Morgan fingerprint density at radius 3 is 2.44 bits per heavy atom. The number of nitrogens with one attached hydrogen (secondary N) is 1. The number of hydrogen-bond donors (Lipinski definition) is 1. The first-order chi connectivity index (χ1) is 15.6. The number of methoxy groups -OCH3 is 1. The molecule has 6 heteroatoms. The van der Waals surface area contributed by atoms with Crippen molar-refractivity contribution in [3.8, 4) is 5.75 Å². The summed E-state index contributed by atoms with van der Waals surface area (Å²) in [5.74, 6) is 0.637. The highest BCUT2D eigenvalue weighted by Crippen LogP contribution is 2.42. The highest BCUT2D eigenvalue weighted by atomic mass is 19.1. The van der Waals surface area contributed by atoms with Crippen molar-refractivity contribution < 1.29 is 13.9 Å². The zero-order valence-corrected chi connectivity index (χ0v) is 19.0. The van der Waals surface area contributed by atoms with Gasteiger partial charge in [-0.05, 0) is 44.0 Å². The van der Waals surface area contributed by atoms with Crippen LogP contribution in [0.5, 0.6) is 5.75 Å². The smallest absolute Gasteiger partial charge is 0.230 e. The summed E-state index contributed by atoms with van der Waals surface area (Å²) >= 11 is 0. The molecule has 4 rings (SSSR count). The summed E-state index contributed by atoms with van der Waals surface area (Å²) in [6.45, 7) is 5.48. The molecule has 0 bridgehead atoms. The van der Waals surface area contributed by atoms with E-state index in [0.717, 1.165) is 76.3 Å². The van der Waals surface area contributed by atoms with Gasteiger partial charge < -0.3 is 15.0 Å². The number of amides is 1. The molecule has 0 radical (unpaired) electrons. The Bertz CT molecular complexity index is 905. The summed E-state index contributed by atoms with van der Waals surface area (Å²) in [5, 5.41) is 3.12. The molecule has 2 aromatic rings. The standard InChI is InChI=1S/C26H34FN3O2/c1-32-24-12-5-4-11-23(24)30-19-17-29(18-20-30)16-8-15-28-25(31)26(13-6-7-14-26)21-9-2-3-10-22(21)27/h2-5,9-12H,6-8,13-20H2,1H3,(H,28,31). The normalized spacial score (nSPS) is 18.5. The molecule has 0 aromatic heterocycles. The molecule has 0 unspecified atom stereocenters. The van der Waals surface area contributed by atoms with Gasteiger partial charge in [0.2, 0.25) is 5.91 Å². The second-order valence-corrected chi connectivity index (χ2v) is 8.88. The molecule has 2 fully saturated rings. The molecular formula is C26H34FN3O2. The van der Waals surface area contributed by atoms with E-state index in [4.69, 9.17) is 4.74 Å². The van der Waals surface area contributed by atoms with Crippen LogP contribution < -0.4 is 15.0 Å². The average Bonchev–Trinajstić information content (AvgIpc) is 3.33. The lowest BCUT2D eigenvalue weighted by molar-refractivity contribution is -0.126. The van der Waals surface area contributed by atoms with Gasteiger partial charge in [-0.3, -0.25) is 9.69 Å². The quantitative estimate of drug-likeness (QED) is 0.632. The SMILES string of the molecule is COc1ccccc1N1CCN(CCCNC(=O)C2(c3ccccc3F)CCCC2)CC1. The number of piperazine rings is 1. The molecule has 0 atom stereocenters. The Hall–Kier alpha value is -2.60. The Balaban J connectivity index is 1.24. The molecule has 1 amide bonds. The van der Waals surface area contributed by atoms with E-state index in [9.17, 15) is 9.18 Å². The number of rotatable bonds is 8. The van der Waals surface area contributed by atoms with E-state index < -0.39 is 5.41 Å². The Morgan fingerprint density at radius 2 is 1.72 bits per heavy atom. The van der Waals surface area contributed by atoms with Crippen molar-refractivity contribution in [3.63, 3.8) is 0 Å². The maximum absolute atomic E-state index is 14.5. The van der Waals surface area contributed by atoms with Crippen LogP contribution in [-0.2, 0) is 10.2 Å². The molecule has 2 aliphatic rings. The molecule has 1 saturated carbocycles. The summed E-state index contributed by atoms with van der Waals surface area (Å²) in [5.41, 5.74) is 1.01. The van der Waals surface area contributed by atoms with Crippen molar-refractivity contribution in [3.05, 3.63) is 59.9 Å². The van der Waals surface area contributed by atoms with Gasteiger partial charge >= 0.3 is 0 Å². The summed E-state index contributed by atoms with van der Waals surface area (Å²) < 4.78 is 20.0. The minimum Gasteiger partial charge on any atom is -0.495 e. The van der Waals surface area contributed by atoms with E-state index in [1.165, 1.54) is 6.07 Å². The fraction of sp³-hybridized carbons (Fsp3) is 0.500. The van der Waals surface area contributed by atoms with Crippen molar-refractivity contribution in [1.82, 2.24) is 10.2 Å². The van der Waals surface area contributed by atoms with Gasteiger partial charge in [0.15, 0.2) is 0 Å². The fourth-order valence-electron chi connectivity index (χ4n) is 5.22. The number of para-hydroxylation sites is 2. The summed E-state index contributed by atoms with van der Waals surface area (Å²) in [6, 6.07) is 14.9. The third kappa shape index (κ3) is 4.75. The largest absolute Gasteiger partial charge is 0.495 e. The molecule has 0 spiro atoms. The molecule has 1 heterocycles. The van der Waals surface area contributed by atoms with Crippen molar-refractivity contribution in [2.24, 2.45) is 0 Å². The van der Waals surface area contributed by atoms with Crippen LogP contribution >= 0.6 is 0 Å². The summed E-state index contributed by atoms with van der Waals surface area (Å²) in [4.78, 5) is 17.9. The minimum absolute atomic E-state index is 0.0129. The van der Waals surface area contributed by atoms with E-state index >= 15 is 0 Å². The predicted octanol–water partition coefficient (Wildman–Crippen LogP) is 3.97. The van der Waals surface area contributed by atoms with Crippen LogP contribution in [0.4, 0.5) is 10.1 Å². The molecular weight excluding hydrogens is 405 g/mol. The molecule has 1 N–H and O–H groups in total. The zero-order valence-electron chi connectivity index (χ0n) is 19.0. The number of ether oxygens (including phenoxy) is 1. The lowest BCUT2D eigenvalue weighted by atomic mass is 9.77. The van der Waals surface area contributed by atoms with E-state index in [0.29, 0.717) is 12.1 Å². The number of anilines is 1. The van der Waals surface area contributed by atoms with Crippen LogP contribution in [0.15, 0.2) is 48.5 Å². The van der Waals surface area contributed by atoms with Crippen LogP contribution in [0, 0.1) is 5.82 Å². The second-order valence-electron chi connectivity index (χ2n) is 8.88. The lowest BCUT2D eigenvalue weighted by Gasteiger charge is -2.36. The zero-order chi connectivity index (χ0) is 22.4. The first kappa shape index (κ1) is 22.6. The number of benzene rings is 2. The molecule has 1 saturated heterocycles. The van der Waals surface area contributed by atoms with Crippen molar-refractivity contribution in [2.45, 2.75) is 37.5 Å². The number of carbonyl (C=O) groups excluding carboxylic acids is 1. The summed E-state index contributed by atoms with van der Waals surface area (Å²) in [6.07, 6.45) is 4.29. The van der Waals surface area contributed by atoms with Gasteiger partial charge in [0.25, 0.3) is 0 Å². The number of nitrogens with zero attached hydrogens (tertiary/aromatic N) is 2. The first-order valence-corrected chi connectivity index (χ1v) is 11.8. The Kier molecular flexibility index (Phi) is 7.30. The van der Waals surface area contributed by atoms with Gasteiger partial charge in [-0.15, -0.1) is 0 Å². The molecule has 1 aliphatic heterocycles. The van der Waals surface area contributed by atoms with Crippen LogP contribution in [0.25, 0.3) is 0 Å². The molecule has 5 nitrogen and oxygen atoms in total. The topological polar surface area (TPSA) is 44.8 Å². The van der Waals surface area contributed by atoms with E-state index in [2.05, 4.69) is 21.2 Å². The maximum Gasteiger partial charge on any atom is 0.230 e. The number of hydrogen-bond acceptors (Lipinski definition) is 4. The minimum atomic E-state index is -0.703. The molecule has 32 heavy (non-hydrogen) atoms. The average molecular weight is 440 g/mol. The monoisotopic (exact) mass is 439 g/mol. The van der Waals surface area contributed by atoms with Crippen molar-refractivity contribution in [1.29, 1.82) is 0 Å². The fourth-order valence-corrected chi connectivity index (χ4v) is 5.22. The lowest BCUT2D eigenvalue weighted by Crippen LogP contribution is -2.47. The first-order valence-electron chi connectivity index (χ1n) is 11.8. The Morgan fingerprint density at radius 1 is 1.03 bits per heavy atom. The highest BCUT2D eigenvalue weighted by molar-refractivity contribution is 5.88. The van der Waals surface area contributed by atoms with Crippen LogP contribution in [-0.4, -0.2) is 57.2 Å². The van der Waals surface area contributed by atoms with Gasteiger partial charge in [0, 0.05) is 38.3 Å². The Labute approximate surface area is 190 Å². The van der Waals surface area contributed by atoms with Gasteiger partial charge in [0.05, 0.1) is 18.2 Å². The van der Waals surface area contributed by atoms with Crippen molar-refractivity contribution in [2.75, 3.05) is 51.3 Å². The second kappa shape index (κ2) is 10.3. The van der Waals surface area contributed by atoms with Crippen molar-refractivity contribution >= 4 is 11.6 Å². The molecule has 172 valence electrons. The third-order valence-corrected chi connectivity index (χ3v) is 7.02. The van der Waals surface area contributed by atoms with E-state index in [1.807, 2.05) is 24.3 Å². The van der Waals surface area contributed by atoms with Gasteiger partial charge in [-0.25, -0.2) is 4.39 Å². The number of carbonyl (C=O) groups is 1. The highest BCUT2D eigenvalue weighted by Gasteiger charge is 2.44. The van der Waals surface area contributed by atoms with Crippen LogP contribution in [0.1, 0.15) is 37.7 Å².